The van der Waals surface area contributed by atoms with Crippen LogP contribution >= 0.6 is 11.8 Å². The number of morpholine rings is 1. The highest BCUT2D eigenvalue weighted by Gasteiger charge is 2.16. The molecular weight excluding hydrogens is 280 g/mol. The molecule has 1 fully saturated rings. The molecular formula is C11H20N6O2S. The van der Waals surface area contributed by atoms with Crippen molar-refractivity contribution >= 4 is 23.7 Å². The first-order valence-corrected chi connectivity index (χ1v) is 7.50. The van der Waals surface area contributed by atoms with Crippen molar-refractivity contribution in [3.05, 3.63) is 0 Å². The van der Waals surface area contributed by atoms with Crippen molar-refractivity contribution in [1.82, 2.24) is 15.0 Å². The summed E-state index contributed by atoms with van der Waals surface area (Å²) >= 11 is 1.49. The lowest BCUT2D eigenvalue weighted by molar-refractivity contribution is 0.122. The van der Waals surface area contributed by atoms with Gasteiger partial charge in [0.2, 0.25) is 11.9 Å². The number of hydrogen-bond acceptors (Lipinski definition) is 9. The van der Waals surface area contributed by atoms with Gasteiger partial charge in [-0.3, -0.25) is 5.43 Å². The predicted molar refractivity (Wildman–Crippen MR) is 77.6 cm³/mol. The molecule has 8 nitrogen and oxygen atoms in total. The summed E-state index contributed by atoms with van der Waals surface area (Å²) in [6.45, 7) is 4.97. The molecule has 2 rings (SSSR count). The van der Waals surface area contributed by atoms with Gasteiger partial charge >= 0.3 is 0 Å². The monoisotopic (exact) mass is 300 g/mol. The second-order valence-corrected chi connectivity index (χ2v) is 5.57. The van der Waals surface area contributed by atoms with Crippen LogP contribution in [0.4, 0.5) is 11.9 Å². The summed E-state index contributed by atoms with van der Waals surface area (Å²) in [6, 6.07) is 0. The maximum atomic E-state index is 9.05. The number of nitrogens with two attached hydrogens (primary N) is 1. The fourth-order valence-corrected chi connectivity index (χ4v) is 2.49. The summed E-state index contributed by atoms with van der Waals surface area (Å²) in [4.78, 5) is 15.0. The van der Waals surface area contributed by atoms with Crippen molar-refractivity contribution in [3.8, 4) is 0 Å². The molecule has 0 amide bonds. The van der Waals surface area contributed by atoms with Crippen LogP contribution in [0, 0.1) is 5.92 Å². The lowest BCUT2D eigenvalue weighted by Crippen LogP contribution is -2.37. The standard InChI is InChI=1S/C11H20N6O2S/c1-8(6-18)7-20-11-14-9(16-12)13-10(15-11)17-2-4-19-5-3-17/h8,18H,2-7,12H2,1H3,(H,13,14,15,16). The molecule has 9 heteroatoms. The van der Waals surface area contributed by atoms with E-state index in [0.29, 0.717) is 30.3 Å². The van der Waals surface area contributed by atoms with E-state index in [4.69, 9.17) is 15.7 Å². The van der Waals surface area contributed by atoms with Crippen LogP contribution in [0.3, 0.4) is 0 Å². The predicted octanol–water partition coefficient (Wildman–Crippen LogP) is -0.286. The highest BCUT2D eigenvalue weighted by atomic mass is 32.2. The van der Waals surface area contributed by atoms with Crippen molar-refractivity contribution in [1.29, 1.82) is 0 Å². The molecule has 0 spiro atoms. The van der Waals surface area contributed by atoms with Crippen molar-refractivity contribution in [2.45, 2.75) is 12.1 Å². The van der Waals surface area contributed by atoms with Crippen LogP contribution < -0.4 is 16.2 Å². The number of aliphatic hydroxyl groups is 1. The van der Waals surface area contributed by atoms with Crippen molar-refractivity contribution in [2.24, 2.45) is 11.8 Å². The summed E-state index contributed by atoms with van der Waals surface area (Å²) in [5.41, 5.74) is 2.47. The Labute approximate surface area is 122 Å². The second kappa shape index (κ2) is 7.58. The highest BCUT2D eigenvalue weighted by molar-refractivity contribution is 7.99. The molecule has 1 aromatic rings. The van der Waals surface area contributed by atoms with E-state index in [1.54, 1.807) is 0 Å². The fourth-order valence-electron chi connectivity index (χ4n) is 1.65. The van der Waals surface area contributed by atoms with Crippen LogP contribution in [0.2, 0.25) is 0 Å². The first kappa shape index (κ1) is 15.2. The molecule has 112 valence electrons. The normalized spacial score (nSPS) is 17.1. The van der Waals surface area contributed by atoms with Crippen LogP contribution in [-0.2, 0) is 4.74 Å². The third kappa shape index (κ3) is 4.17. The number of hydrazine groups is 1. The number of rotatable bonds is 6. The maximum Gasteiger partial charge on any atom is 0.242 e. The van der Waals surface area contributed by atoms with Crippen molar-refractivity contribution < 1.29 is 9.84 Å². The molecule has 0 radical (unpaired) electrons. The molecule has 2 heterocycles. The van der Waals surface area contributed by atoms with Crippen LogP contribution in [0.1, 0.15) is 6.92 Å². The van der Waals surface area contributed by atoms with Gasteiger partial charge < -0.3 is 14.7 Å². The molecule has 20 heavy (non-hydrogen) atoms. The zero-order chi connectivity index (χ0) is 14.4. The van der Waals surface area contributed by atoms with E-state index in [1.807, 2.05) is 11.8 Å². The molecule has 1 aliphatic rings. The van der Waals surface area contributed by atoms with E-state index < -0.39 is 0 Å². The van der Waals surface area contributed by atoms with Gasteiger partial charge in [0, 0.05) is 25.4 Å². The Balaban J connectivity index is 2.10. The fraction of sp³-hybridized carbons (Fsp3) is 0.727. The molecule has 1 unspecified atom stereocenters. The van der Waals surface area contributed by atoms with Gasteiger partial charge in [-0.05, 0) is 5.92 Å². The summed E-state index contributed by atoms with van der Waals surface area (Å²) in [7, 11) is 0. The summed E-state index contributed by atoms with van der Waals surface area (Å²) < 4.78 is 5.32. The molecule has 0 aliphatic carbocycles. The molecule has 1 aromatic heterocycles. The van der Waals surface area contributed by atoms with Crippen LogP contribution in [0.15, 0.2) is 5.16 Å². The van der Waals surface area contributed by atoms with E-state index >= 15 is 0 Å². The molecule has 1 saturated heterocycles. The SMILES string of the molecule is CC(CO)CSc1nc(NN)nc(N2CCOCC2)n1. The van der Waals surface area contributed by atoms with Gasteiger partial charge in [-0.1, -0.05) is 18.7 Å². The van der Waals surface area contributed by atoms with Crippen LogP contribution in [0.25, 0.3) is 0 Å². The highest BCUT2D eigenvalue weighted by Crippen LogP contribution is 2.21. The average Bonchev–Trinajstić information content (AvgIpc) is 2.53. The Morgan fingerprint density at radius 2 is 2.15 bits per heavy atom. The largest absolute Gasteiger partial charge is 0.396 e. The summed E-state index contributed by atoms with van der Waals surface area (Å²) in [5.74, 6) is 7.29. The van der Waals surface area contributed by atoms with E-state index in [1.165, 1.54) is 11.8 Å². The van der Waals surface area contributed by atoms with Gasteiger partial charge in [-0.25, -0.2) is 5.84 Å². The number of aromatic nitrogens is 3. The maximum absolute atomic E-state index is 9.05. The van der Waals surface area contributed by atoms with Gasteiger partial charge in [0.15, 0.2) is 5.16 Å². The number of hydrogen-bond donors (Lipinski definition) is 3. The number of ether oxygens (including phenoxy) is 1. The third-order valence-electron chi connectivity index (χ3n) is 2.83. The Kier molecular flexibility index (Phi) is 5.77. The van der Waals surface area contributed by atoms with E-state index in [9.17, 15) is 0 Å². The number of aliphatic hydroxyl groups excluding tert-OH is 1. The zero-order valence-corrected chi connectivity index (χ0v) is 12.3. The average molecular weight is 300 g/mol. The first-order chi connectivity index (χ1) is 9.72. The summed E-state index contributed by atoms with van der Waals surface area (Å²) in [5, 5.41) is 9.66. The molecule has 0 saturated carbocycles. The third-order valence-corrected chi connectivity index (χ3v) is 4.01. The van der Waals surface area contributed by atoms with Gasteiger partial charge in [-0.15, -0.1) is 0 Å². The van der Waals surface area contributed by atoms with Crippen molar-refractivity contribution in [2.75, 3.05) is 49.0 Å². The van der Waals surface area contributed by atoms with E-state index in [-0.39, 0.29) is 12.5 Å². The van der Waals surface area contributed by atoms with Crippen molar-refractivity contribution in [3.63, 3.8) is 0 Å². The Bertz CT molecular complexity index is 429. The first-order valence-electron chi connectivity index (χ1n) is 6.52. The minimum atomic E-state index is 0.149. The van der Waals surface area contributed by atoms with Gasteiger partial charge in [0.1, 0.15) is 0 Å². The minimum absolute atomic E-state index is 0.149. The number of nitrogen functional groups attached to an aromatic ring is 1. The van der Waals surface area contributed by atoms with E-state index in [0.717, 1.165) is 18.8 Å². The zero-order valence-electron chi connectivity index (χ0n) is 11.4. The molecule has 0 bridgehead atoms. The lowest BCUT2D eigenvalue weighted by Gasteiger charge is -2.27. The van der Waals surface area contributed by atoms with E-state index in [2.05, 4.69) is 20.4 Å². The van der Waals surface area contributed by atoms with Crippen LogP contribution in [0.5, 0.6) is 0 Å². The minimum Gasteiger partial charge on any atom is -0.396 e. The van der Waals surface area contributed by atoms with Crippen LogP contribution in [-0.4, -0.2) is 58.7 Å². The number of nitrogens with zero attached hydrogens (tertiary/aromatic N) is 4. The Morgan fingerprint density at radius 1 is 1.40 bits per heavy atom. The van der Waals surface area contributed by atoms with Gasteiger partial charge in [0.05, 0.1) is 13.2 Å². The second-order valence-electron chi connectivity index (χ2n) is 4.58. The van der Waals surface area contributed by atoms with Gasteiger partial charge in [-0.2, -0.15) is 15.0 Å². The van der Waals surface area contributed by atoms with Gasteiger partial charge in [0.25, 0.3) is 0 Å². The smallest absolute Gasteiger partial charge is 0.242 e. The number of nitrogens with one attached hydrogen (secondary N) is 1. The Morgan fingerprint density at radius 3 is 2.80 bits per heavy atom. The summed E-state index contributed by atoms with van der Waals surface area (Å²) in [6.07, 6.45) is 0. The quantitative estimate of drug-likeness (QED) is 0.371. The number of anilines is 2. The molecule has 0 aromatic carbocycles. The molecule has 1 atom stereocenters. The lowest BCUT2D eigenvalue weighted by atomic mass is 10.2. The number of thioether (sulfide) groups is 1. The molecule has 4 N–H and O–H groups in total. The molecule has 1 aliphatic heterocycles. The topological polar surface area (TPSA) is 109 Å². The Hall–Kier alpha value is -1.16.